The van der Waals surface area contributed by atoms with Crippen LogP contribution in [0, 0.1) is 6.92 Å². The fourth-order valence-corrected chi connectivity index (χ4v) is 5.96. The highest BCUT2D eigenvalue weighted by Crippen LogP contribution is 2.39. The summed E-state index contributed by atoms with van der Waals surface area (Å²) in [6.07, 6.45) is 6.42. The molecule has 0 bridgehead atoms. The number of fused-ring (bicyclic) bond motifs is 4. The molecule has 0 amide bonds. The fraction of sp³-hybridized carbons (Fsp3) is 0.300. The Morgan fingerprint density at radius 3 is 3.04 bits per heavy atom. The van der Waals surface area contributed by atoms with E-state index in [4.69, 9.17) is 0 Å². The molecule has 5 nitrogen and oxygen atoms in total. The van der Waals surface area contributed by atoms with E-state index in [1.807, 2.05) is 36.5 Å². The lowest BCUT2D eigenvalue weighted by Crippen LogP contribution is -2.17. The van der Waals surface area contributed by atoms with E-state index in [9.17, 15) is 4.79 Å². The van der Waals surface area contributed by atoms with E-state index in [-0.39, 0.29) is 5.56 Å². The molecular formula is C20H18N4OS2. The van der Waals surface area contributed by atoms with Crippen molar-refractivity contribution < 1.29 is 0 Å². The van der Waals surface area contributed by atoms with E-state index >= 15 is 0 Å². The highest BCUT2D eigenvalue weighted by Gasteiger charge is 2.20. The molecular weight excluding hydrogens is 376 g/mol. The Morgan fingerprint density at radius 2 is 2.11 bits per heavy atom. The second-order valence-corrected chi connectivity index (χ2v) is 8.85. The number of thiophene rings is 1. The summed E-state index contributed by atoms with van der Waals surface area (Å²) in [5, 5.41) is 2.22. The van der Waals surface area contributed by atoms with E-state index < -0.39 is 0 Å². The number of pyridine rings is 1. The van der Waals surface area contributed by atoms with Crippen molar-refractivity contribution in [2.75, 3.05) is 0 Å². The largest absolute Gasteiger partial charge is 0.269 e. The van der Waals surface area contributed by atoms with Gasteiger partial charge in [0.15, 0.2) is 0 Å². The molecule has 0 saturated carbocycles. The van der Waals surface area contributed by atoms with E-state index in [1.165, 1.54) is 28.7 Å². The van der Waals surface area contributed by atoms with Crippen LogP contribution in [0.3, 0.4) is 0 Å². The molecule has 0 aromatic carbocycles. The summed E-state index contributed by atoms with van der Waals surface area (Å²) in [6, 6.07) is 7.36. The molecule has 5 rings (SSSR count). The van der Waals surface area contributed by atoms with Crippen LogP contribution in [0.4, 0.5) is 0 Å². The third kappa shape index (κ3) is 2.95. The van der Waals surface area contributed by atoms with Gasteiger partial charge in [0.25, 0.3) is 5.56 Å². The predicted molar refractivity (Wildman–Crippen MR) is 110 cm³/mol. The summed E-state index contributed by atoms with van der Waals surface area (Å²) in [4.78, 5) is 28.7. The molecule has 0 saturated heterocycles. The molecule has 4 aromatic rings. The van der Waals surface area contributed by atoms with Gasteiger partial charge in [0.2, 0.25) is 0 Å². The van der Waals surface area contributed by atoms with Gasteiger partial charge < -0.3 is 0 Å². The predicted octanol–water partition coefficient (Wildman–Crippen LogP) is 4.18. The number of rotatable bonds is 3. The number of aromatic nitrogens is 4. The maximum atomic E-state index is 12.5. The van der Waals surface area contributed by atoms with Crippen LogP contribution in [0.15, 0.2) is 40.4 Å². The normalized spacial score (nSPS) is 14.0. The molecule has 0 unspecified atom stereocenters. The number of thioether (sulfide) groups is 1. The quantitative estimate of drug-likeness (QED) is 0.385. The second kappa shape index (κ2) is 6.73. The molecule has 1 aliphatic rings. The first kappa shape index (κ1) is 16.9. The molecule has 0 spiro atoms. The Balaban J connectivity index is 1.51. The van der Waals surface area contributed by atoms with E-state index in [0.29, 0.717) is 11.4 Å². The van der Waals surface area contributed by atoms with Gasteiger partial charge in [0, 0.05) is 27.8 Å². The van der Waals surface area contributed by atoms with Crippen molar-refractivity contribution in [2.24, 2.45) is 0 Å². The minimum absolute atomic E-state index is 0.0329. The van der Waals surface area contributed by atoms with Gasteiger partial charge in [-0.15, -0.1) is 11.3 Å². The van der Waals surface area contributed by atoms with Crippen LogP contribution in [0.1, 0.15) is 34.7 Å². The first-order valence-corrected chi connectivity index (χ1v) is 10.9. The highest BCUT2D eigenvalue weighted by atomic mass is 32.2. The van der Waals surface area contributed by atoms with Crippen molar-refractivity contribution >= 4 is 39.0 Å². The van der Waals surface area contributed by atoms with Gasteiger partial charge in [-0.25, -0.2) is 15.0 Å². The maximum absolute atomic E-state index is 12.5. The van der Waals surface area contributed by atoms with Gasteiger partial charge in [0.1, 0.15) is 21.8 Å². The lowest BCUT2D eigenvalue weighted by atomic mass is 9.97. The molecule has 27 heavy (non-hydrogen) atoms. The SMILES string of the molecule is Cc1cccc2nc(CSc3ncnc4sc5c(c34)CCCC5)cc(=O)n12. The number of nitrogens with zero attached hydrogens (tertiary/aromatic N) is 4. The van der Waals surface area contributed by atoms with Gasteiger partial charge in [-0.3, -0.25) is 9.20 Å². The van der Waals surface area contributed by atoms with Gasteiger partial charge >= 0.3 is 0 Å². The third-order valence-electron chi connectivity index (χ3n) is 5.01. The van der Waals surface area contributed by atoms with Crippen molar-refractivity contribution in [3.8, 4) is 0 Å². The third-order valence-corrected chi connectivity index (χ3v) is 7.23. The lowest BCUT2D eigenvalue weighted by Gasteiger charge is -2.11. The van der Waals surface area contributed by atoms with Gasteiger partial charge in [-0.1, -0.05) is 17.8 Å². The van der Waals surface area contributed by atoms with Gasteiger partial charge in [0.05, 0.1) is 5.69 Å². The highest BCUT2D eigenvalue weighted by molar-refractivity contribution is 7.98. The summed E-state index contributed by atoms with van der Waals surface area (Å²) in [5.41, 5.74) is 3.78. The molecule has 4 heterocycles. The molecule has 7 heteroatoms. The minimum Gasteiger partial charge on any atom is -0.269 e. The molecule has 0 atom stereocenters. The maximum Gasteiger partial charge on any atom is 0.258 e. The first-order valence-electron chi connectivity index (χ1n) is 9.07. The Hall–Kier alpha value is -2.25. The molecule has 0 fully saturated rings. The minimum atomic E-state index is -0.0329. The van der Waals surface area contributed by atoms with Gasteiger partial charge in [-0.05, 0) is 50.3 Å². The Kier molecular flexibility index (Phi) is 4.21. The van der Waals surface area contributed by atoms with E-state index in [2.05, 4.69) is 15.0 Å². The van der Waals surface area contributed by atoms with Crippen LogP contribution < -0.4 is 5.56 Å². The smallest absolute Gasteiger partial charge is 0.258 e. The van der Waals surface area contributed by atoms with Crippen LogP contribution in [0.5, 0.6) is 0 Å². The van der Waals surface area contributed by atoms with Crippen LogP contribution in [0.2, 0.25) is 0 Å². The van der Waals surface area contributed by atoms with Crippen molar-refractivity contribution in [3.05, 3.63) is 62.8 Å². The summed E-state index contributed by atoms with van der Waals surface area (Å²) < 4.78 is 1.65. The Bertz CT molecular complexity index is 1230. The average molecular weight is 395 g/mol. The monoisotopic (exact) mass is 394 g/mol. The Morgan fingerprint density at radius 1 is 1.22 bits per heavy atom. The fourth-order valence-electron chi connectivity index (χ4n) is 3.75. The summed E-state index contributed by atoms with van der Waals surface area (Å²) in [7, 11) is 0. The van der Waals surface area contributed by atoms with E-state index in [1.54, 1.807) is 28.6 Å². The van der Waals surface area contributed by atoms with Crippen LogP contribution in [-0.4, -0.2) is 19.4 Å². The van der Waals surface area contributed by atoms with Crippen LogP contribution >= 0.6 is 23.1 Å². The summed E-state index contributed by atoms with van der Waals surface area (Å²) in [6.45, 7) is 1.92. The molecule has 1 aliphatic carbocycles. The van der Waals surface area contributed by atoms with Crippen molar-refractivity contribution in [1.29, 1.82) is 0 Å². The Labute approximate surface area is 164 Å². The topological polar surface area (TPSA) is 60.2 Å². The van der Waals surface area contributed by atoms with Crippen molar-refractivity contribution in [1.82, 2.24) is 19.4 Å². The molecule has 4 aromatic heterocycles. The van der Waals surface area contributed by atoms with Crippen molar-refractivity contribution in [2.45, 2.75) is 43.4 Å². The van der Waals surface area contributed by atoms with Crippen LogP contribution in [0.25, 0.3) is 15.9 Å². The zero-order valence-electron chi connectivity index (χ0n) is 14.9. The van der Waals surface area contributed by atoms with Crippen LogP contribution in [-0.2, 0) is 18.6 Å². The average Bonchev–Trinajstić information content (AvgIpc) is 3.05. The number of aryl methyl sites for hydroxylation is 3. The van der Waals surface area contributed by atoms with Gasteiger partial charge in [-0.2, -0.15) is 0 Å². The standard InChI is InChI=1S/C20H18N4OS2/c1-12-5-4-8-16-23-13(9-17(25)24(12)16)10-26-19-18-14-6-2-3-7-15(14)27-20(18)22-11-21-19/h4-5,8-9,11H,2-3,6-7,10H2,1H3. The second-order valence-electron chi connectivity index (χ2n) is 6.81. The van der Waals surface area contributed by atoms with E-state index in [0.717, 1.165) is 34.1 Å². The molecule has 0 aliphatic heterocycles. The van der Waals surface area contributed by atoms with Crippen molar-refractivity contribution in [3.63, 3.8) is 0 Å². The summed E-state index contributed by atoms with van der Waals surface area (Å²) >= 11 is 3.45. The molecule has 0 radical (unpaired) electrons. The number of hydrogen-bond acceptors (Lipinski definition) is 6. The summed E-state index contributed by atoms with van der Waals surface area (Å²) in [5.74, 6) is 0.621. The number of hydrogen-bond donors (Lipinski definition) is 0. The first-order chi connectivity index (χ1) is 13.2. The molecule has 136 valence electrons. The molecule has 0 N–H and O–H groups in total. The lowest BCUT2D eigenvalue weighted by molar-refractivity contribution is 0.699. The zero-order chi connectivity index (χ0) is 18.4. The zero-order valence-corrected chi connectivity index (χ0v) is 16.6.